The summed E-state index contributed by atoms with van der Waals surface area (Å²) >= 11 is 1.65. The Kier molecular flexibility index (Phi) is 4.45. The molecule has 0 bridgehead atoms. The number of hydrogen-bond acceptors (Lipinski definition) is 5. The van der Waals surface area contributed by atoms with Gasteiger partial charge in [-0.25, -0.2) is 9.50 Å². The molecule has 6 nitrogen and oxygen atoms in total. The lowest BCUT2D eigenvalue weighted by atomic mass is 10.1. The molecule has 0 saturated carbocycles. The molecule has 0 radical (unpaired) electrons. The molecule has 1 atom stereocenters. The van der Waals surface area contributed by atoms with Crippen LogP contribution in [0.4, 0.5) is 0 Å². The zero-order valence-electron chi connectivity index (χ0n) is 11.8. The van der Waals surface area contributed by atoms with Crippen molar-refractivity contribution in [1.82, 2.24) is 19.9 Å². The Morgan fingerprint density at radius 2 is 2.36 bits per heavy atom. The maximum Gasteiger partial charge on any atom is 0.271 e. The third-order valence-corrected chi connectivity index (χ3v) is 4.25. The van der Waals surface area contributed by atoms with Gasteiger partial charge in [0, 0.05) is 42.4 Å². The quantitative estimate of drug-likeness (QED) is 0.720. The van der Waals surface area contributed by atoms with E-state index in [0.29, 0.717) is 17.9 Å². The molecule has 0 fully saturated rings. The first-order valence-electron chi connectivity index (χ1n) is 6.98. The highest BCUT2D eigenvalue weighted by Crippen LogP contribution is 2.14. The zero-order valence-corrected chi connectivity index (χ0v) is 12.7. The molecule has 114 valence electrons. The van der Waals surface area contributed by atoms with Crippen LogP contribution in [0.3, 0.4) is 0 Å². The minimum absolute atomic E-state index is 0.00208. The Morgan fingerprint density at radius 3 is 3.09 bits per heavy atom. The van der Waals surface area contributed by atoms with E-state index in [0.717, 1.165) is 6.42 Å². The molecule has 22 heavy (non-hydrogen) atoms. The van der Waals surface area contributed by atoms with Crippen LogP contribution >= 0.6 is 11.3 Å². The molecule has 0 aromatic carbocycles. The van der Waals surface area contributed by atoms with Crippen LogP contribution in [0.25, 0.3) is 5.65 Å². The summed E-state index contributed by atoms with van der Waals surface area (Å²) in [5.74, 6) is -0.257. The summed E-state index contributed by atoms with van der Waals surface area (Å²) in [6.45, 7) is 0.444. The smallest absolute Gasteiger partial charge is 0.271 e. The van der Waals surface area contributed by atoms with Crippen LogP contribution < -0.4 is 5.32 Å². The molecule has 3 aromatic rings. The molecule has 3 aromatic heterocycles. The van der Waals surface area contributed by atoms with E-state index in [-0.39, 0.29) is 18.4 Å². The number of hydrogen-bond donors (Lipinski definition) is 2. The number of carbonyl (C=O) groups is 1. The topological polar surface area (TPSA) is 79.5 Å². The summed E-state index contributed by atoms with van der Waals surface area (Å²) in [4.78, 5) is 17.5. The van der Waals surface area contributed by atoms with E-state index < -0.39 is 0 Å². The van der Waals surface area contributed by atoms with E-state index >= 15 is 0 Å². The molecule has 0 aliphatic heterocycles. The van der Waals surface area contributed by atoms with Gasteiger partial charge >= 0.3 is 0 Å². The molecule has 0 saturated heterocycles. The number of aromatic nitrogens is 3. The highest BCUT2D eigenvalue weighted by atomic mass is 32.1. The number of nitrogens with one attached hydrogen (secondary N) is 1. The minimum atomic E-state index is -0.255. The SMILES string of the molecule is O=C(NC[C@@H](CO)Cc1cccs1)c1cc2ncccn2n1. The van der Waals surface area contributed by atoms with Crippen molar-refractivity contribution in [3.8, 4) is 0 Å². The number of thiophene rings is 1. The van der Waals surface area contributed by atoms with Gasteiger partial charge in [0.1, 0.15) is 0 Å². The van der Waals surface area contributed by atoms with Gasteiger partial charge in [0.2, 0.25) is 0 Å². The number of rotatable bonds is 6. The summed E-state index contributed by atoms with van der Waals surface area (Å²) in [5.41, 5.74) is 0.955. The third kappa shape index (κ3) is 3.32. The molecule has 3 rings (SSSR count). The van der Waals surface area contributed by atoms with E-state index in [4.69, 9.17) is 0 Å². The highest BCUT2D eigenvalue weighted by Gasteiger charge is 2.14. The summed E-state index contributed by atoms with van der Waals surface area (Å²) < 4.78 is 1.56. The molecule has 3 heterocycles. The van der Waals surface area contributed by atoms with Crippen molar-refractivity contribution in [2.24, 2.45) is 5.92 Å². The molecule has 2 N–H and O–H groups in total. The lowest BCUT2D eigenvalue weighted by Crippen LogP contribution is -2.32. The number of fused-ring (bicyclic) bond motifs is 1. The number of amides is 1. The monoisotopic (exact) mass is 316 g/mol. The van der Waals surface area contributed by atoms with E-state index in [1.165, 1.54) is 4.88 Å². The van der Waals surface area contributed by atoms with Crippen molar-refractivity contribution < 1.29 is 9.90 Å². The average molecular weight is 316 g/mol. The van der Waals surface area contributed by atoms with Crippen molar-refractivity contribution in [2.75, 3.05) is 13.2 Å². The van der Waals surface area contributed by atoms with Crippen LogP contribution in [-0.4, -0.2) is 38.8 Å². The summed E-state index contributed by atoms with van der Waals surface area (Å²) in [6.07, 6.45) is 4.15. The van der Waals surface area contributed by atoms with Gasteiger partial charge in [-0.15, -0.1) is 11.3 Å². The number of aliphatic hydroxyl groups is 1. The van der Waals surface area contributed by atoms with Gasteiger partial charge in [0.25, 0.3) is 5.91 Å². The summed E-state index contributed by atoms with van der Waals surface area (Å²) in [6, 6.07) is 7.41. The molecular formula is C15H16N4O2S. The van der Waals surface area contributed by atoms with Crippen molar-refractivity contribution >= 4 is 22.9 Å². The molecular weight excluding hydrogens is 300 g/mol. The summed E-state index contributed by atoms with van der Waals surface area (Å²) in [5, 5.41) is 18.5. The lowest BCUT2D eigenvalue weighted by molar-refractivity contribution is 0.0935. The van der Waals surface area contributed by atoms with E-state index in [2.05, 4.69) is 15.4 Å². The van der Waals surface area contributed by atoms with Gasteiger partial charge in [0.05, 0.1) is 0 Å². The van der Waals surface area contributed by atoms with Gasteiger partial charge in [-0.3, -0.25) is 4.79 Å². The van der Waals surface area contributed by atoms with Crippen LogP contribution in [0.1, 0.15) is 15.4 Å². The Hall–Kier alpha value is -2.25. The zero-order chi connectivity index (χ0) is 15.4. The number of carbonyl (C=O) groups excluding carboxylic acids is 1. The van der Waals surface area contributed by atoms with Crippen molar-refractivity contribution in [1.29, 1.82) is 0 Å². The predicted molar refractivity (Wildman–Crippen MR) is 83.9 cm³/mol. The molecule has 0 aliphatic carbocycles. The first-order valence-corrected chi connectivity index (χ1v) is 7.86. The normalized spacial score (nSPS) is 12.4. The second-order valence-corrected chi connectivity index (χ2v) is 6.03. The Labute approximate surface area is 131 Å². The highest BCUT2D eigenvalue weighted by molar-refractivity contribution is 7.09. The number of aliphatic hydroxyl groups excluding tert-OH is 1. The predicted octanol–water partition coefficient (Wildman–Crippen LogP) is 1.37. The van der Waals surface area contributed by atoms with Crippen LogP contribution in [0, 0.1) is 5.92 Å². The second-order valence-electron chi connectivity index (χ2n) is 4.99. The van der Waals surface area contributed by atoms with Crippen LogP contribution in [0.15, 0.2) is 42.0 Å². The molecule has 0 spiro atoms. The Bertz CT molecular complexity index is 721. The standard InChI is InChI=1S/C15H16N4O2S/c20-10-11(7-12-3-1-6-22-12)9-17-15(21)13-8-14-16-4-2-5-19(14)18-13/h1-6,8,11,20H,7,9-10H2,(H,17,21)/t11-/m0/s1. The van der Waals surface area contributed by atoms with Crippen molar-refractivity contribution in [2.45, 2.75) is 6.42 Å². The average Bonchev–Trinajstić information content (AvgIpc) is 3.19. The Balaban J connectivity index is 1.61. The van der Waals surface area contributed by atoms with Crippen LogP contribution in [0.5, 0.6) is 0 Å². The first kappa shape index (κ1) is 14.7. The largest absolute Gasteiger partial charge is 0.396 e. The van der Waals surface area contributed by atoms with Gasteiger partial charge in [-0.2, -0.15) is 5.10 Å². The molecule has 7 heteroatoms. The van der Waals surface area contributed by atoms with Crippen LogP contribution in [0.2, 0.25) is 0 Å². The van der Waals surface area contributed by atoms with Crippen molar-refractivity contribution in [3.05, 3.63) is 52.6 Å². The van der Waals surface area contributed by atoms with Gasteiger partial charge in [0.15, 0.2) is 11.3 Å². The second kappa shape index (κ2) is 6.67. The fraction of sp³-hybridized carbons (Fsp3) is 0.267. The maximum absolute atomic E-state index is 12.1. The van der Waals surface area contributed by atoms with Gasteiger partial charge in [-0.1, -0.05) is 6.07 Å². The molecule has 0 unspecified atom stereocenters. The molecule has 0 aliphatic rings. The lowest BCUT2D eigenvalue weighted by Gasteiger charge is -2.13. The summed E-state index contributed by atoms with van der Waals surface area (Å²) in [7, 11) is 0. The van der Waals surface area contributed by atoms with Crippen LogP contribution in [-0.2, 0) is 6.42 Å². The van der Waals surface area contributed by atoms with E-state index in [1.807, 2.05) is 17.5 Å². The first-order chi connectivity index (χ1) is 10.8. The third-order valence-electron chi connectivity index (χ3n) is 3.35. The van der Waals surface area contributed by atoms with E-state index in [9.17, 15) is 9.90 Å². The minimum Gasteiger partial charge on any atom is -0.396 e. The van der Waals surface area contributed by atoms with E-state index in [1.54, 1.807) is 40.4 Å². The Morgan fingerprint density at radius 1 is 1.45 bits per heavy atom. The van der Waals surface area contributed by atoms with Gasteiger partial charge in [-0.05, 0) is 23.9 Å². The van der Waals surface area contributed by atoms with Gasteiger partial charge < -0.3 is 10.4 Å². The molecule has 1 amide bonds. The maximum atomic E-state index is 12.1. The fourth-order valence-corrected chi connectivity index (χ4v) is 3.00. The fourth-order valence-electron chi connectivity index (χ4n) is 2.18. The number of nitrogens with zero attached hydrogens (tertiary/aromatic N) is 3. The van der Waals surface area contributed by atoms with Crippen molar-refractivity contribution in [3.63, 3.8) is 0 Å².